The number of ketones is 1. The van der Waals surface area contributed by atoms with Crippen LogP contribution in [0.5, 0.6) is 0 Å². The van der Waals surface area contributed by atoms with Crippen LogP contribution in [0.4, 0.5) is 0 Å². The van der Waals surface area contributed by atoms with Gasteiger partial charge in [-0.3, -0.25) is 4.79 Å². The highest BCUT2D eigenvalue weighted by atomic mass is 16.8. The van der Waals surface area contributed by atoms with Gasteiger partial charge in [-0.15, -0.1) is 0 Å². The maximum absolute atomic E-state index is 13.4. The lowest BCUT2D eigenvalue weighted by Crippen LogP contribution is -2.44. The summed E-state index contributed by atoms with van der Waals surface area (Å²) in [6, 6.07) is 17.2. The van der Waals surface area contributed by atoms with E-state index in [2.05, 4.69) is 0 Å². The molecule has 1 aliphatic heterocycles. The Balaban J connectivity index is 1.88. The van der Waals surface area contributed by atoms with Gasteiger partial charge < -0.3 is 9.47 Å². The van der Waals surface area contributed by atoms with Gasteiger partial charge in [-0.25, -0.2) is 4.79 Å². The van der Waals surface area contributed by atoms with Crippen molar-refractivity contribution < 1.29 is 19.1 Å². The summed E-state index contributed by atoms with van der Waals surface area (Å²) in [5, 5.41) is 0. The van der Waals surface area contributed by atoms with Gasteiger partial charge in [-0.05, 0) is 29.5 Å². The van der Waals surface area contributed by atoms with Gasteiger partial charge >= 0.3 is 5.97 Å². The SMILES string of the molecule is CCCC1(CCC)O[C@@]2(C=C(c3ccccc3)c3ccccc3C2=O)OC1=O. The van der Waals surface area contributed by atoms with Gasteiger partial charge in [0.2, 0.25) is 5.78 Å². The zero-order chi connectivity index (χ0) is 19.8. The third kappa shape index (κ3) is 2.80. The Labute approximate surface area is 165 Å². The van der Waals surface area contributed by atoms with Gasteiger partial charge in [0, 0.05) is 11.6 Å². The highest BCUT2D eigenvalue weighted by Gasteiger charge is 2.61. The lowest BCUT2D eigenvalue weighted by molar-refractivity contribution is -0.148. The Bertz CT molecular complexity index is 938. The molecule has 2 aromatic carbocycles. The van der Waals surface area contributed by atoms with Crippen molar-refractivity contribution in [2.45, 2.75) is 50.9 Å². The summed E-state index contributed by atoms with van der Waals surface area (Å²) in [7, 11) is 0. The molecule has 1 saturated heterocycles. The van der Waals surface area contributed by atoms with Crippen LogP contribution in [-0.2, 0) is 14.3 Å². The van der Waals surface area contributed by atoms with E-state index in [-0.39, 0.29) is 5.78 Å². The van der Waals surface area contributed by atoms with Gasteiger partial charge in [-0.1, -0.05) is 81.3 Å². The zero-order valence-electron chi connectivity index (χ0n) is 16.2. The summed E-state index contributed by atoms with van der Waals surface area (Å²) in [6.45, 7) is 4.00. The molecule has 1 heterocycles. The predicted octanol–water partition coefficient (Wildman–Crippen LogP) is 4.92. The molecule has 144 valence electrons. The first-order valence-corrected chi connectivity index (χ1v) is 9.91. The molecule has 0 aromatic heterocycles. The van der Waals surface area contributed by atoms with E-state index in [0.717, 1.165) is 29.5 Å². The fourth-order valence-electron chi connectivity index (χ4n) is 4.27. The van der Waals surface area contributed by atoms with Crippen molar-refractivity contribution in [2.24, 2.45) is 0 Å². The number of fused-ring (bicyclic) bond motifs is 1. The lowest BCUT2D eigenvalue weighted by Gasteiger charge is -2.31. The van der Waals surface area contributed by atoms with Crippen LogP contribution in [-0.4, -0.2) is 23.1 Å². The third-order valence-electron chi connectivity index (χ3n) is 5.47. The van der Waals surface area contributed by atoms with Gasteiger partial charge in [0.25, 0.3) is 5.79 Å². The van der Waals surface area contributed by atoms with E-state index in [9.17, 15) is 9.59 Å². The molecule has 1 aliphatic carbocycles. The number of esters is 1. The average molecular weight is 376 g/mol. The molecule has 0 saturated carbocycles. The number of ether oxygens (including phenoxy) is 2. The monoisotopic (exact) mass is 376 g/mol. The molecule has 1 fully saturated rings. The van der Waals surface area contributed by atoms with Crippen LogP contribution in [0.2, 0.25) is 0 Å². The van der Waals surface area contributed by atoms with Crippen molar-refractivity contribution in [3.05, 3.63) is 77.4 Å². The Hall–Kier alpha value is -2.72. The number of hydrogen-bond donors (Lipinski definition) is 0. The quantitative estimate of drug-likeness (QED) is 0.695. The van der Waals surface area contributed by atoms with Crippen LogP contribution in [0.15, 0.2) is 60.7 Å². The van der Waals surface area contributed by atoms with E-state index in [1.54, 1.807) is 12.1 Å². The molecule has 4 heteroatoms. The highest BCUT2D eigenvalue weighted by molar-refractivity contribution is 6.13. The van der Waals surface area contributed by atoms with Gasteiger partial charge in [0.05, 0.1) is 0 Å². The molecule has 1 spiro atoms. The van der Waals surface area contributed by atoms with Crippen molar-refractivity contribution >= 4 is 17.3 Å². The van der Waals surface area contributed by atoms with Gasteiger partial charge in [0.15, 0.2) is 5.60 Å². The molecule has 4 nitrogen and oxygen atoms in total. The molecule has 0 bridgehead atoms. The number of carbonyl (C=O) groups is 2. The predicted molar refractivity (Wildman–Crippen MR) is 107 cm³/mol. The minimum atomic E-state index is -1.69. The number of carbonyl (C=O) groups excluding carboxylic acids is 2. The molecule has 2 aliphatic rings. The molecular weight excluding hydrogens is 352 g/mol. The second kappa shape index (κ2) is 7.02. The van der Waals surface area contributed by atoms with E-state index in [1.807, 2.05) is 62.4 Å². The average Bonchev–Trinajstić information content (AvgIpc) is 2.98. The smallest absolute Gasteiger partial charge is 0.341 e. The molecular formula is C24H24O4. The standard InChI is InChI=1S/C24H24O4/c1-3-14-23(15-4-2)22(26)27-24(28-23)16-20(17-10-6-5-7-11-17)18-12-8-9-13-19(18)21(24)25/h5-13,16H,3-4,14-15H2,1-2H3/t24-/m1/s1. The molecule has 2 aromatic rings. The maximum atomic E-state index is 13.4. The molecule has 0 radical (unpaired) electrons. The second-order valence-corrected chi connectivity index (χ2v) is 7.45. The van der Waals surface area contributed by atoms with Crippen molar-refractivity contribution in [3.63, 3.8) is 0 Å². The molecule has 4 rings (SSSR count). The third-order valence-corrected chi connectivity index (χ3v) is 5.47. The summed E-state index contributed by atoms with van der Waals surface area (Å²) >= 11 is 0. The number of hydrogen-bond acceptors (Lipinski definition) is 4. The minimum absolute atomic E-state index is 0.315. The first-order valence-electron chi connectivity index (χ1n) is 9.91. The summed E-state index contributed by atoms with van der Waals surface area (Å²) < 4.78 is 12.0. The van der Waals surface area contributed by atoms with E-state index in [1.165, 1.54) is 0 Å². The fourth-order valence-corrected chi connectivity index (χ4v) is 4.27. The topological polar surface area (TPSA) is 52.6 Å². The Morgan fingerprint density at radius 2 is 1.43 bits per heavy atom. The molecule has 28 heavy (non-hydrogen) atoms. The normalized spacial score (nSPS) is 22.7. The highest BCUT2D eigenvalue weighted by Crippen LogP contribution is 2.46. The van der Waals surface area contributed by atoms with E-state index >= 15 is 0 Å². The number of benzene rings is 2. The summed E-state index contributed by atoms with van der Waals surface area (Å²) in [5.74, 6) is -2.45. The first-order chi connectivity index (χ1) is 13.6. The van der Waals surface area contributed by atoms with Crippen molar-refractivity contribution in [1.29, 1.82) is 0 Å². The van der Waals surface area contributed by atoms with E-state index in [4.69, 9.17) is 9.47 Å². The summed E-state index contributed by atoms with van der Waals surface area (Å²) in [6.07, 6.45) is 4.30. The molecule has 0 amide bonds. The minimum Gasteiger partial charge on any atom is -0.419 e. The fraction of sp³-hybridized carbons (Fsp3) is 0.333. The number of Topliss-reactive ketones (excluding diaryl/α,β-unsaturated/α-hetero) is 1. The van der Waals surface area contributed by atoms with Crippen LogP contribution in [0, 0.1) is 0 Å². The largest absolute Gasteiger partial charge is 0.419 e. The zero-order valence-corrected chi connectivity index (χ0v) is 16.2. The van der Waals surface area contributed by atoms with Crippen molar-refractivity contribution in [3.8, 4) is 0 Å². The van der Waals surface area contributed by atoms with Crippen molar-refractivity contribution in [1.82, 2.24) is 0 Å². The van der Waals surface area contributed by atoms with Crippen LogP contribution in [0.25, 0.3) is 5.57 Å². The van der Waals surface area contributed by atoms with Gasteiger partial charge in [0.1, 0.15) is 0 Å². The molecule has 0 unspecified atom stereocenters. The van der Waals surface area contributed by atoms with Gasteiger partial charge in [-0.2, -0.15) is 0 Å². The second-order valence-electron chi connectivity index (χ2n) is 7.45. The molecule has 1 atom stereocenters. The summed E-state index contributed by atoms with van der Waals surface area (Å²) in [4.78, 5) is 26.3. The Morgan fingerprint density at radius 3 is 2.07 bits per heavy atom. The Kier molecular flexibility index (Phi) is 4.68. The van der Waals surface area contributed by atoms with Crippen LogP contribution in [0.1, 0.15) is 61.0 Å². The molecule has 0 N–H and O–H groups in total. The number of rotatable bonds is 5. The first kappa shape index (κ1) is 18.6. The van der Waals surface area contributed by atoms with E-state index in [0.29, 0.717) is 18.4 Å². The van der Waals surface area contributed by atoms with E-state index < -0.39 is 17.4 Å². The van der Waals surface area contributed by atoms with Crippen molar-refractivity contribution in [2.75, 3.05) is 0 Å². The van der Waals surface area contributed by atoms with Crippen LogP contribution >= 0.6 is 0 Å². The lowest BCUT2D eigenvalue weighted by atomic mass is 9.83. The van der Waals surface area contributed by atoms with Crippen LogP contribution in [0.3, 0.4) is 0 Å². The Morgan fingerprint density at radius 1 is 0.821 bits per heavy atom. The van der Waals surface area contributed by atoms with Crippen LogP contribution < -0.4 is 0 Å². The maximum Gasteiger partial charge on any atom is 0.341 e. The summed E-state index contributed by atoms with van der Waals surface area (Å²) in [5.41, 5.74) is 2.06.